The summed E-state index contributed by atoms with van der Waals surface area (Å²) in [5.74, 6) is 0.0288. The molecule has 0 radical (unpaired) electrons. The number of amides is 1. The molecule has 3 heterocycles. The minimum Gasteiger partial charge on any atom is -0.387 e. The highest BCUT2D eigenvalue weighted by Gasteiger charge is 2.39. The van der Waals surface area contributed by atoms with Crippen molar-refractivity contribution >= 4 is 16.9 Å². The van der Waals surface area contributed by atoms with Crippen LogP contribution >= 0.6 is 0 Å². The van der Waals surface area contributed by atoms with Crippen LogP contribution in [0.25, 0.3) is 11.0 Å². The van der Waals surface area contributed by atoms with Crippen LogP contribution in [0.2, 0.25) is 0 Å². The van der Waals surface area contributed by atoms with Crippen molar-refractivity contribution in [3.8, 4) is 0 Å². The Hall–Kier alpha value is -1.96. The van der Waals surface area contributed by atoms with Gasteiger partial charge in [-0.25, -0.2) is 4.98 Å². The number of aliphatic hydroxyl groups is 1. The topological polar surface area (TPSA) is 70.8 Å². The van der Waals surface area contributed by atoms with Crippen molar-refractivity contribution < 1.29 is 14.6 Å². The summed E-state index contributed by atoms with van der Waals surface area (Å²) < 4.78 is 7.23. The molecular weight excluding hydrogens is 320 g/mol. The van der Waals surface area contributed by atoms with Gasteiger partial charge in [-0.1, -0.05) is 12.1 Å². The number of ether oxygens (including phenoxy) is 1. The molecule has 1 amide bonds. The lowest BCUT2D eigenvalue weighted by Crippen LogP contribution is -2.49. The number of carbonyl (C=O) groups excluding carboxylic acids is 1. The predicted octanol–water partition coefficient (Wildman–Crippen LogP) is 0.332. The monoisotopic (exact) mass is 344 g/mol. The van der Waals surface area contributed by atoms with E-state index < -0.39 is 5.60 Å². The second kappa shape index (κ2) is 6.74. The number of fused-ring (bicyclic) bond motifs is 1. The van der Waals surface area contributed by atoms with Gasteiger partial charge in [0.05, 0.1) is 42.7 Å². The van der Waals surface area contributed by atoms with E-state index in [1.165, 1.54) is 0 Å². The van der Waals surface area contributed by atoms with E-state index in [-0.39, 0.29) is 12.5 Å². The number of β-amino-alcohol motifs (C(OH)–C–C–N with tert-alkyl or cyclic N) is 1. The fourth-order valence-corrected chi connectivity index (χ4v) is 3.76. The smallest absolute Gasteiger partial charge is 0.242 e. The van der Waals surface area contributed by atoms with Crippen molar-refractivity contribution in [3.05, 3.63) is 30.6 Å². The minimum absolute atomic E-state index is 0.0288. The Morgan fingerprint density at radius 1 is 1.24 bits per heavy atom. The molecule has 1 atom stereocenters. The highest BCUT2D eigenvalue weighted by molar-refractivity contribution is 5.80. The molecule has 2 aliphatic rings. The van der Waals surface area contributed by atoms with Gasteiger partial charge >= 0.3 is 0 Å². The molecule has 25 heavy (non-hydrogen) atoms. The third-order valence-electron chi connectivity index (χ3n) is 5.14. The molecule has 7 heteroatoms. The van der Waals surface area contributed by atoms with Crippen molar-refractivity contribution in [2.45, 2.75) is 18.6 Å². The van der Waals surface area contributed by atoms with Crippen LogP contribution in [0.5, 0.6) is 0 Å². The Bertz CT molecular complexity index is 756. The lowest BCUT2D eigenvalue weighted by molar-refractivity contribution is -0.132. The van der Waals surface area contributed by atoms with E-state index in [4.69, 9.17) is 4.74 Å². The van der Waals surface area contributed by atoms with Gasteiger partial charge in [0.25, 0.3) is 0 Å². The summed E-state index contributed by atoms with van der Waals surface area (Å²) in [6.07, 6.45) is 2.33. The molecule has 0 saturated carbocycles. The molecule has 1 aromatic carbocycles. The first-order valence-electron chi connectivity index (χ1n) is 8.83. The van der Waals surface area contributed by atoms with Crippen LogP contribution in [0, 0.1) is 0 Å². The van der Waals surface area contributed by atoms with Gasteiger partial charge in [0.15, 0.2) is 0 Å². The standard InChI is InChI=1S/C18H24N4O3/c23-17(11-22-14-19-15-3-1-2-4-16(15)22)21-6-5-18(24,13-21)12-20-7-9-25-10-8-20/h1-4,14,24H,5-13H2/t18-/m1/s1. The number of rotatable bonds is 4. The van der Waals surface area contributed by atoms with Gasteiger partial charge in [0.1, 0.15) is 6.54 Å². The number of nitrogens with zero attached hydrogens (tertiary/aromatic N) is 4. The van der Waals surface area contributed by atoms with Crippen molar-refractivity contribution in [1.29, 1.82) is 0 Å². The molecule has 2 saturated heterocycles. The fourth-order valence-electron chi connectivity index (χ4n) is 3.76. The number of para-hydroxylation sites is 2. The first-order valence-corrected chi connectivity index (χ1v) is 8.83. The van der Waals surface area contributed by atoms with Gasteiger partial charge < -0.3 is 19.3 Å². The van der Waals surface area contributed by atoms with Gasteiger partial charge in [0, 0.05) is 26.2 Å². The molecule has 134 valence electrons. The van der Waals surface area contributed by atoms with E-state index in [1.807, 2.05) is 28.8 Å². The average molecular weight is 344 g/mol. The summed E-state index contributed by atoms with van der Waals surface area (Å²) in [4.78, 5) is 21.0. The first-order chi connectivity index (χ1) is 12.1. The average Bonchev–Trinajstić information content (AvgIpc) is 3.20. The third-order valence-corrected chi connectivity index (χ3v) is 5.14. The normalized spacial score (nSPS) is 24.9. The Labute approximate surface area is 146 Å². The molecular formula is C18H24N4O3. The molecule has 4 rings (SSSR count). The number of aromatic nitrogens is 2. The Balaban J connectivity index is 1.38. The number of benzene rings is 1. The van der Waals surface area contributed by atoms with Crippen molar-refractivity contribution in [3.63, 3.8) is 0 Å². The summed E-state index contributed by atoms with van der Waals surface area (Å²) in [6.45, 7) is 4.98. The van der Waals surface area contributed by atoms with Gasteiger partial charge in [0.2, 0.25) is 5.91 Å². The van der Waals surface area contributed by atoms with Crippen molar-refractivity contribution in [2.75, 3.05) is 45.9 Å². The zero-order valence-electron chi connectivity index (χ0n) is 14.3. The van der Waals surface area contributed by atoms with E-state index in [2.05, 4.69) is 9.88 Å². The zero-order chi connectivity index (χ0) is 17.3. The molecule has 0 aliphatic carbocycles. The van der Waals surface area contributed by atoms with Crippen LogP contribution in [0.3, 0.4) is 0 Å². The predicted molar refractivity (Wildman–Crippen MR) is 93.1 cm³/mol. The van der Waals surface area contributed by atoms with E-state index in [1.54, 1.807) is 11.2 Å². The van der Waals surface area contributed by atoms with Crippen LogP contribution in [0.1, 0.15) is 6.42 Å². The molecule has 7 nitrogen and oxygen atoms in total. The number of imidazole rings is 1. The van der Waals surface area contributed by atoms with Crippen LogP contribution in [-0.2, 0) is 16.1 Å². The van der Waals surface area contributed by atoms with Crippen LogP contribution in [0.15, 0.2) is 30.6 Å². The van der Waals surface area contributed by atoms with Crippen molar-refractivity contribution in [2.24, 2.45) is 0 Å². The van der Waals surface area contributed by atoms with E-state index in [9.17, 15) is 9.90 Å². The zero-order valence-corrected chi connectivity index (χ0v) is 14.3. The van der Waals surface area contributed by atoms with E-state index in [0.29, 0.717) is 39.3 Å². The molecule has 2 aromatic rings. The summed E-state index contributed by atoms with van der Waals surface area (Å²) in [5, 5.41) is 10.9. The van der Waals surface area contributed by atoms with Crippen LogP contribution in [0.4, 0.5) is 0 Å². The molecule has 0 spiro atoms. The summed E-state index contributed by atoms with van der Waals surface area (Å²) in [7, 11) is 0. The van der Waals surface area contributed by atoms with E-state index >= 15 is 0 Å². The van der Waals surface area contributed by atoms with Crippen LogP contribution < -0.4 is 0 Å². The quantitative estimate of drug-likeness (QED) is 0.866. The Kier molecular flexibility index (Phi) is 4.45. The molecule has 1 N–H and O–H groups in total. The lowest BCUT2D eigenvalue weighted by atomic mass is 10.0. The number of likely N-dealkylation sites (tertiary alicyclic amines) is 1. The second-order valence-corrected chi connectivity index (χ2v) is 7.04. The maximum atomic E-state index is 12.7. The molecule has 0 unspecified atom stereocenters. The fraction of sp³-hybridized carbons (Fsp3) is 0.556. The largest absolute Gasteiger partial charge is 0.387 e. The van der Waals surface area contributed by atoms with Gasteiger partial charge in [-0.2, -0.15) is 0 Å². The van der Waals surface area contributed by atoms with Crippen molar-refractivity contribution in [1.82, 2.24) is 19.4 Å². The summed E-state index contributed by atoms with van der Waals surface area (Å²) in [5.41, 5.74) is 1.03. The highest BCUT2D eigenvalue weighted by Crippen LogP contribution is 2.23. The highest BCUT2D eigenvalue weighted by atomic mass is 16.5. The Morgan fingerprint density at radius 2 is 2.04 bits per heavy atom. The number of hydrogen-bond acceptors (Lipinski definition) is 5. The van der Waals surface area contributed by atoms with Crippen LogP contribution in [-0.4, -0.2) is 81.9 Å². The maximum Gasteiger partial charge on any atom is 0.242 e. The SMILES string of the molecule is O=C(Cn1cnc2ccccc21)N1CC[C@@](O)(CN2CCOCC2)C1. The number of carbonyl (C=O) groups is 1. The molecule has 2 fully saturated rings. The van der Waals surface area contributed by atoms with Gasteiger partial charge in [-0.05, 0) is 18.6 Å². The van der Waals surface area contributed by atoms with Gasteiger partial charge in [-0.15, -0.1) is 0 Å². The minimum atomic E-state index is -0.815. The first kappa shape index (κ1) is 16.5. The molecule has 2 aliphatic heterocycles. The molecule has 1 aromatic heterocycles. The summed E-state index contributed by atoms with van der Waals surface area (Å²) in [6, 6.07) is 7.79. The molecule has 0 bridgehead atoms. The van der Waals surface area contributed by atoms with E-state index in [0.717, 1.165) is 24.1 Å². The third kappa shape index (κ3) is 3.53. The maximum absolute atomic E-state index is 12.7. The lowest BCUT2D eigenvalue weighted by Gasteiger charge is -2.33. The number of hydrogen-bond donors (Lipinski definition) is 1. The Morgan fingerprint density at radius 3 is 2.88 bits per heavy atom. The second-order valence-electron chi connectivity index (χ2n) is 7.04. The summed E-state index contributed by atoms with van der Waals surface area (Å²) >= 11 is 0. The number of morpholine rings is 1. The van der Waals surface area contributed by atoms with Gasteiger partial charge in [-0.3, -0.25) is 9.69 Å².